The van der Waals surface area contributed by atoms with Crippen LogP contribution in [0.1, 0.15) is 32.1 Å². The van der Waals surface area contributed by atoms with Gasteiger partial charge in [-0.2, -0.15) is 0 Å². The fourth-order valence-corrected chi connectivity index (χ4v) is 3.16. The number of amides is 1. The van der Waals surface area contributed by atoms with Crippen molar-refractivity contribution in [3.8, 4) is 0 Å². The van der Waals surface area contributed by atoms with Crippen LogP contribution < -0.4 is 5.32 Å². The quantitative estimate of drug-likeness (QED) is 0.925. The number of piperidine rings is 1. The maximum absolute atomic E-state index is 13.2. The van der Waals surface area contributed by atoms with E-state index in [0.717, 1.165) is 49.9 Å². The zero-order chi connectivity index (χ0) is 14.7. The summed E-state index contributed by atoms with van der Waals surface area (Å²) in [6.07, 6.45) is 7.12. The Labute approximate surface area is 124 Å². The molecule has 0 radical (unpaired) electrons. The van der Waals surface area contributed by atoms with E-state index in [4.69, 9.17) is 0 Å². The van der Waals surface area contributed by atoms with Crippen molar-refractivity contribution in [1.29, 1.82) is 0 Å². The molecule has 1 N–H and O–H groups in total. The molecular formula is C17H21FN2O. The van der Waals surface area contributed by atoms with Crippen LogP contribution in [-0.2, 0) is 4.79 Å². The Hall–Kier alpha value is -1.84. The number of hydrogen-bond donors (Lipinski definition) is 1. The molecule has 1 aromatic carbocycles. The molecule has 1 heterocycles. The molecule has 112 valence electrons. The van der Waals surface area contributed by atoms with Gasteiger partial charge in [-0.1, -0.05) is 12.1 Å². The standard InChI is InChI=1S/C17H21FN2O/c18-14-7-3-8-15(11-14)19-16-9-4-10-20(12-16)17(21)13-5-1-2-6-13/h3,5,7-8,11,16,19H,1-2,4,6,9-10,12H2. The van der Waals surface area contributed by atoms with Crippen LogP contribution in [0, 0.1) is 5.82 Å². The lowest BCUT2D eigenvalue weighted by atomic mass is 10.0. The van der Waals surface area contributed by atoms with E-state index in [9.17, 15) is 9.18 Å². The number of carbonyl (C=O) groups excluding carboxylic acids is 1. The van der Waals surface area contributed by atoms with E-state index in [1.54, 1.807) is 6.07 Å². The van der Waals surface area contributed by atoms with Crippen LogP contribution in [0.5, 0.6) is 0 Å². The average Bonchev–Trinajstić information content (AvgIpc) is 3.01. The van der Waals surface area contributed by atoms with Crippen LogP contribution in [0.3, 0.4) is 0 Å². The van der Waals surface area contributed by atoms with Gasteiger partial charge in [0.15, 0.2) is 0 Å². The number of anilines is 1. The van der Waals surface area contributed by atoms with Crippen molar-refractivity contribution in [2.45, 2.75) is 38.1 Å². The van der Waals surface area contributed by atoms with Gasteiger partial charge in [0.05, 0.1) is 0 Å². The fourth-order valence-electron chi connectivity index (χ4n) is 3.16. The Bertz CT molecular complexity index is 555. The highest BCUT2D eigenvalue weighted by Crippen LogP contribution is 2.23. The lowest BCUT2D eigenvalue weighted by Gasteiger charge is -2.34. The lowest BCUT2D eigenvalue weighted by Crippen LogP contribution is -2.45. The first kappa shape index (κ1) is 14.1. The Morgan fingerprint density at radius 2 is 2.24 bits per heavy atom. The second kappa shape index (κ2) is 6.29. The molecule has 0 spiro atoms. The molecule has 1 fully saturated rings. The molecule has 0 aromatic heterocycles. The normalized spacial score (nSPS) is 22.0. The summed E-state index contributed by atoms with van der Waals surface area (Å²) in [6.45, 7) is 1.53. The molecule has 1 aliphatic heterocycles. The number of halogens is 1. The molecule has 1 unspecified atom stereocenters. The van der Waals surface area contributed by atoms with Crippen molar-refractivity contribution < 1.29 is 9.18 Å². The number of carbonyl (C=O) groups is 1. The van der Waals surface area contributed by atoms with Gasteiger partial charge < -0.3 is 10.2 Å². The van der Waals surface area contributed by atoms with Gasteiger partial charge in [-0.05, 0) is 50.3 Å². The Kier molecular flexibility index (Phi) is 4.23. The van der Waals surface area contributed by atoms with Crippen LogP contribution in [0.4, 0.5) is 10.1 Å². The smallest absolute Gasteiger partial charge is 0.249 e. The summed E-state index contributed by atoms with van der Waals surface area (Å²) in [4.78, 5) is 14.4. The minimum Gasteiger partial charge on any atom is -0.380 e. The van der Waals surface area contributed by atoms with Crippen molar-refractivity contribution in [2.75, 3.05) is 18.4 Å². The first-order valence-corrected chi connectivity index (χ1v) is 7.73. The third-order valence-electron chi connectivity index (χ3n) is 4.22. The van der Waals surface area contributed by atoms with Crippen molar-refractivity contribution in [2.24, 2.45) is 0 Å². The van der Waals surface area contributed by atoms with Crippen LogP contribution >= 0.6 is 0 Å². The first-order chi connectivity index (χ1) is 10.2. The maximum atomic E-state index is 13.2. The third-order valence-corrected chi connectivity index (χ3v) is 4.22. The van der Waals surface area contributed by atoms with Gasteiger partial charge in [0.2, 0.25) is 5.91 Å². The number of allylic oxidation sites excluding steroid dienone is 1. The zero-order valence-corrected chi connectivity index (χ0v) is 12.1. The molecule has 2 aliphatic rings. The highest BCUT2D eigenvalue weighted by atomic mass is 19.1. The SMILES string of the molecule is O=C(C1=CCCC1)N1CCCC(Nc2cccc(F)c2)C1. The van der Waals surface area contributed by atoms with Crippen molar-refractivity contribution >= 4 is 11.6 Å². The largest absolute Gasteiger partial charge is 0.380 e. The van der Waals surface area contributed by atoms with Gasteiger partial charge in [-0.3, -0.25) is 4.79 Å². The van der Waals surface area contributed by atoms with E-state index in [2.05, 4.69) is 11.4 Å². The number of nitrogens with one attached hydrogen (secondary N) is 1. The van der Waals surface area contributed by atoms with Gasteiger partial charge in [0.25, 0.3) is 0 Å². The molecular weight excluding hydrogens is 267 g/mol. The Morgan fingerprint density at radius 3 is 3.00 bits per heavy atom. The monoisotopic (exact) mass is 288 g/mol. The molecule has 0 bridgehead atoms. The lowest BCUT2D eigenvalue weighted by molar-refractivity contribution is -0.128. The Morgan fingerprint density at radius 1 is 1.33 bits per heavy atom. The van der Waals surface area contributed by atoms with E-state index >= 15 is 0 Å². The van der Waals surface area contributed by atoms with Gasteiger partial charge in [0, 0.05) is 30.4 Å². The van der Waals surface area contributed by atoms with Crippen molar-refractivity contribution in [3.05, 3.63) is 41.7 Å². The first-order valence-electron chi connectivity index (χ1n) is 7.73. The van der Waals surface area contributed by atoms with Crippen LogP contribution in [-0.4, -0.2) is 29.9 Å². The minimum atomic E-state index is -0.236. The highest BCUT2D eigenvalue weighted by Gasteiger charge is 2.26. The van der Waals surface area contributed by atoms with Gasteiger partial charge in [-0.25, -0.2) is 4.39 Å². The van der Waals surface area contributed by atoms with Gasteiger partial charge in [-0.15, -0.1) is 0 Å². The highest BCUT2D eigenvalue weighted by molar-refractivity contribution is 5.93. The molecule has 1 aromatic rings. The molecule has 1 aliphatic carbocycles. The zero-order valence-electron chi connectivity index (χ0n) is 12.1. The number of benzene rings is 1. The van der Waals surface area contributed by atoms with Crippen LogP contribution in [0.2, 0.25) is 0 Å². The summed E-state index contributed by atoms with van der Waals surface area (Å²) in [5.41, 5.74) is 1.76. The summed E-state index contributed by atoms with van der Waals surface area (Å²) in [7, 11) is 0. The molecule has 3 nitrogen and oxygen atoms in total. The predicted molar refractivity (Wildman–Crippen MR) is 81.6 cm³/mol. The second-order valence-electron chi connectivity index (χ2n) is 5.87. The van der Waals surface area contributed by atoms with E-state index < -0.39 is 0 Å². The van der Waals surface area contributed by atoms with E-state index in [1.807, 2.05) is 11.0 Å². The molecule has 1 atom stereocenters. The number of hydrogen-bond acceptors (Lipinski definition) is 2. The molecule has 21 heavy (non-hydrogen) atoms. The van der Waals surface area contributed by atoms with Crippen molar-refractivity contribution in [3.63, 3.8) is 0 Å². The second-order valence-corrected chi connectivity index (χ2v) is 5.87. The third kappa shape index (κ3) is 3.43. The average molecular weight is 288 g/mol. The van der Waals surface area contributed by atoms with Gasteiger partial charge in [0.1, 0.15) is 5.82 Å². The molecule has 1 saturated heterocycles. The predicted octanol–water partition coefficient (Wildman–Crippen LogP) is 3.34. The minimum absolute atomic E-state index is 0.193. The van der Waals surface area contributed by atoms with Crippen molar-refractivity contribution in [1.82, 2.24) is 4.90 Å². The molecule has 3 rings (SSSR count). The summed E-state index contributed by atoms with van der Waals surface area (Å²) in [5, 5.41) is 3.34. The maximum Gasteiger partial charge on any atom is 0.249 e. The summed E-state index contributed by atoms with van der Waals surface area (Å²) < 4.78 is 13.2. The Balaban J connectivity index is 1.61. The van der Waals surface area contributed by atoms with Gasteiger partial charge >= 0.3 is 0 Å². The summed E-state index contributed by atoms with van der Waals surface area (Å²) in [5.74, 6) is -0.0434. The van der Waals surface area contributed by atoms with E-state index in [0.29, 0.717) is 6.54 Å². The van der Waals surface area contributed by atoms with Crippen LogP contribution in [0.25, 0.3) is 0 Å². The number of rotatable bonds is 3. The molecule has 0 saturated carbocycles. The molecule has 1 amide bonds. The number of nitrogens with zero attached hydrogens (tertiary/aromatic N) is 1. The summed E-state index contributed by atoms with van der Waals surface area (Å²) >= 11 is 0. The topological polar surface area (TPSA) is 32.3 Å². The number of likely N-dealkylation sites (tertiary alicyclic amines) is 1. The fraction of sp³-hybridized carbons (Fsp3) is 0.471. The van der Waals surface area contributed by atoms with E-state index in [1.165, 1.54) is 12.1 Å². The van der Waals surface area contributed by atoms with E-state index in [-0.39, 0.29) is 17.8 Å². The molecule has 4 heteroatoms. The summed E-state index contributed by atoms with van der Waals surface area (Å²) in [6, 6.07) is 6.71. The van der Waals surface area contributed by atoms with Crippen LogP contribution in [0.15, 0.2) is 35.9 Å².